The van der Waals surface area contributed by atoms with Gasteiger partial charge in [0.25, 0.3) is 0 Å². The van der Waals surface area contributed by atoms with Gasteiger partial charge in [0.05, 0.1) is 5.02 Å². The molecule has 2 nitrogen and oxygen atoms in total. The Bertz CT molecular complexity index is 349. The number of ether oxygens (including phenoxy) is 1. The molecule has 0 spiro atoms. The molecule has 0 heterocycles. The lowest BCUT2D eigenvalue weighted by molar-refractivity contribution is 0.270. The highest BCUT2D eigenvalue weighted by molar-refractivity contribution is 6.32. The van der Waals surface area contributed by atoms with Gasteiger partial charge in [0.2, 0.25) is 0 Å². The maximum atomic E-state index is 6.06. The second-order valence-corrected chi connectivity index (χ2v) is 3.94. The van der Waals surface area contributed by atoms with Crippen molar-refractivity contribution in [3.8, 4) is 5.75 Å². The van der Waals surface area contributed by atoms with E-state index in [1.54, 1.807) is 6.08 Å². The lowest BCUT2D eigenvalue weighted by Crippen LogP contribution is -2.09. The monoisotopic (exact) mass is 225 g/mol. The smallest absolute Gasteiger partial charge is 0.138 e. The Morgan fingerprint density at radius 2 is 2.13 bits per heavy atom. The molecule has 0 aliphatic rings. The Kier molecular flexibility index (Phi) is 4.18. The molecule has 2 unspecified atom stereocenters. The Balaban J connectivity index is 2.88. The molecule has 0 bridgehead atoms. The van der Waals surface area contributed by atoms with E-state index in [2.05, 4.69) is 6.58 Å². The molecule has 0 saturated heterocycles. The van der Waals surface area contributed by atoms with Crippen LogP contribution in [0.1, 0.15) is 25.5 Å². The van der Waals surface area contributed by atoms with Crippen molar-refractivity contribution in [2.75, 3.05) is 0 Å². The normalized spacial score (nSPS) is 14.4. The van der Waals surface area contributed by atoms with Gasteiger partial charge in [0.1, 0.15) is 11.9 Å². The van der Waals surface area contributed by atoms with E-state index in [4.69, 9.17) is 22.1 Å². The van der Waals surface area contributed by atoms with Crippen LogP contribution in [0.4, 0.5) is 0 Å². The van der Waals surface area contributed by atoms with E-state index >= 15 is 0 Å². The van der Waals surface area contributed by atoms with Gasteiger partial charge in [-0.15, -0.1) is 0 Å². The first-order chi connectivity index (χ1) is 7.04. The Morgan fingerprint density at radius 1 is 1.47 bits per heavy atom. The van der Waals surface area contributed by atoms with Gasteiger partial charge in [-0.05, 0) is 31.5 Å². The zero-order valence-electron chi connectivity index (χ0n) is 9.03. The third kappa shape index (κ3) is 3.26. The molecule has 1 aromatic rings. The van der Waals surface area contributed by atoms with Crippen LogP contribution < -0.4 is 10.5 Å². The van der Waals surface area contributed by atoms with Crippen LogP contribution in [-0.2, 0) is 0 Å². The largest absolute Gasteiger partial charge is 0.485 e. The minimum atomic E-state index is -0.0522. The predicted octanol–water partition coefficient (Wildman–Crippen LogP) is 3.31. The zero-order chi connectivity index (χ0) is 11.4. The summed E-state index contributed by atoms with van der Waals surface area (Å²) in [5, 5.41) is 0.582. The van der Waals surface area contributed by atoms with Crippen LogP contribution in [-0.4, -0.2) is 6.10 Å². The van der Waals surface area contributed by atoms with E-state index in [-0.39, 0.29) is 12.1 Å². The molecule has 2 N–H and O–H groups in total. The van der Waals surface area contributed by atoms with E-state index in [9.17, 15) is 0 Å². The summed E-state index contributed by atoms with van der Waals surface area (Å²) in [6, 6.07) is 5.56. The molecule has 82 valence electrons. The summed E-state index contributed by atoms with van der Waals surface area (Å²) in [5.41, 5.74) is 6.74. The van der Waals surface area contributed by atoms with Crippen LogP contribution in [0.5, 0.6) is 5.75 Å². The number of rotatable bonds is 4. The van der Waals surface area contributed by atoms with Crippen molar-refractivity contribution >= 4 is 11.6 Å². The zero-order valence-corrected chi connectivity index (χ0v) is 9.79. The number of nitrogens with two attached hydrogens (primary N) is 1. The van der Waals surface area contributed by atoms with Crippen molar-refractivity contribution in [2.45, 2.75) is 26.0 Å². The van der Waals surface area contributed by atoms with Crippen molar-refractivity contribution < 1.29 is 4.74 Å². The molecule has 1 rings (SSSR count). The van der Waals surface area contributed by atoms with E-state index in [1.165, 1.54) is 0 Å². The van der Waals surface area contributed by atoms with E-state index in [1.807, 2.05) is 32.0 Å². The summed E-state index contributed by atoms with van der Waals surface area (Å²) >= 11 is 6.06. The highest BCUT2D eigenvalue weighted by Crippen LogP contribution is 2.28. The number of benzene rings is 1. The third-order valence-electron chi connectivity index (χ3n) is 2.13. The first kappa shape index (κ1) is 12.1. The fraction of sp³-hybridized carbons (Fsp3) is 0.333. The minimum Gasteiger partial charge on any atom is -0.485 e. The van der Waals surface area contributed by atoms with Gasteiger partial charge in [-0.2, -0.15) is 0 Å². The van der Waals surface area contributed by atoms with Crippen LogP contribution in [0, 0.1) is 0 Å². The Hall–Kier alpha value is -0.990. The Morgan fingerprint density at radius 3 is 2.60 bits per heavy atom. The molecular weight excluding hydrogens is 210 g/mol. The van der Waals surface area contributed by atoms with Crippen LogP contribution in [0.3, 0.4) is 0 Å². The van der Waals surface area contributed by atoms with Gasteiger partial charge in [-0.1, -0.05) is 30.3 Å². The first-order valence-electron chi connectivity index (χ1n) is 4.89. The number of halogens is 1. The maximum Gasteiger partial charge on any atom is 0.138 e. The van der Waals surface area contributed by atoms with Crippen LogP contribution in [0.25, 0.3) is 0 Å². The molecule has 3 heteroatoms. The molecule has 15 heavy (non-hydrogen) atoms. The average molecular weight is 226 g/mol. The van der Waals surface area contributed by atoms with Crippen LogP contribution in [0.15, 0.2) is 30.9 Å². The summed E-state index contributed by atoms with van der Waals surface area (Å²) in [4.78, 5) is 0. The van der Waals surface area contributed by atoms with Crippen molar-refractivity contribution in [3.63, 3.8) is 0 Å². The lowest BCUT2D eigenvalue weighted by atomic mass is 10.1. The quantitative estimate of drug-likeness (QED) is 0.798. The van der Waals surface area contributed by atoms with Crippen LogP contribution >= 0.6 is 11.6 Å². The van der Waals surface area contributed by atoms with Gasteiger partial charge in [-0.3, -0.25) is 0 Å². The van der Waals surface area contributed by atoms with Crippen molar-refractivity contribution in [1.29, 1.82) is 0 Å². The molecule has 0 aliphatic heterocycles. The second-order valence-electron chi connectivity index (χ2n) is 3.54. The van der Waals surface area contributed by atoms with Gasteiger partial charge in [0, 0.05) is 6.04 Å². The minimum absolute atomic E-state index is 0.0200. The molecule has 0 aromatic heterocycles. The number of hydrogen-bond donors (Lipinski definition) is 1. The molecule has 0 radical (unpaired) electrons. The first-order valence-corrected chi connectivity index (χ1v) is 5.26. The van der Waals surface area contributed by atoms with E-state index in [0.717, 1.165) is 5.56 Å². The summed E-state index contributed by atoms with van der Waals surface area (Å²) in [7, 11) is 0. The molecular formula is C12H16ClNO. The van der Waals surface area contributed by atoms with Gasteiger partial charge in [0.15, 0.2) is 0 Å². The summed E-state index contributed by atoms with van der Waals surface area (Å²) < 4.78 is 5.54. The third-order valence-corrected chi connectivity index (χ3v) is 2.42. The summed E-state index contributed by atoms with van der Waals surface area (Å²) in [6.07, 6.45) is 1.67. The van der Waals surface area contributed by atoms with E-state index < -0.39 is 0 Å². The number of hydrogen-bond acceptors (Lipinski definition) is 2. The Labute approximate surface area is 95.7 Å². The topological polar surface area (TPSA) is 35.2 Å². The molecule has 1 aromatic carbocycles. The fourth-order valence-corrected chi connectivity index (χ4v) is 1.38. The summed E-state index contributed by atoms with van der Waals surface area (Å²) in [5.74, 6) is 0.661. The summed E-state index contributed by atoms with van der Waals surface area (Å²) in [6.45, 7) is 7.46. The van der Waals surface area contributed by atoms with Crippen molar-refractivity contribution in [3.05, 3.63) is 41.4 Å². The molecule has 0 aliphatic carbocycles. The molecule has 0 amide bonds. The van der Waals surface area contributed by atoms with E-state index in [0.29, 0.717) is 10.8 Å². The van der Waals surface area contributed by atoms with Crippen LogP contribution in [0.2, 0.25) is 5.02 Å². The predicted molar refractivity (Wildman–Crippen MR) is 64.3 cm³/mol. The van der Waals surface area contributed by atoms with Gasteiger partial charge in [-0.25, -0.2) is 0 Å². The molecule has 0 fully saturated rings. The van der Waals surface area contributed by atoms with Gasteiger partial charge < -0.3 is 10.5 Å². The SMILES string of the molecule is C=CC(C)Oc1ccc(C(C)N)cc1Cl. The standard InChI is InChI=1S/C12H16ClNO/c1-4-8(2)15-12-6-5-10(9(3)14)7-11(12)13/h4-9H,1,14H2,2-3H3. The maximum absolute atomic E-state index is 6.06. The second kappa shape index (κ2) is 5.19. The lowest BCUT2D eigenvalue weighted by Gasteiger charge is -2.13. The highest BCUT2D eigenvalue weighted by Gasteiger charge is 2.07. The highest BCUT2D eigenvalue weighted by atomic mass is 35.5. The van der Waals surface area contributed by atoms with Crippen molar-refractivity contribution in [1.82, 2.24) is 0 Å². The molecule has 2 atom stereocenters. The average Bonchev–Trinajstić information content (AvgIpc) is 2.20. The van der Waals surface area contributed by atoms with Crippen molar-refractivity contribution in [2.24, 2.45) is 5.73 Å². The molecule has 0 saturated carbocycles. The van der Waals surface area contributed by atoms with Gasteiger partial charge >= 0.3 is 0 Å². The fourth-order valence-electron chi connectivity index (χ4n) is 1.14.